The van der Waals surface area contributed by atoms with Gasteiger partial charge in [-0.25, -0.2) is 9.98 Å². The smallest absolute Gasteiger partial charge is 0.188 e. The fourth-order valence-electron chi connectivity index (χ4n) is 1.84. The first-order chi connectivity index (χ1) is 8.78. The van der Waals surface area contributed by atoms with Crippen molar-refractivity contribution >= 4 is 17.7 Å². The highest BCUT2D eigenvalue weighted by Crippen LogP contribution is 2.24. The fraction of sp³-hybridized carbons (Fsp3) is 0.538. The SMILES string of the molecule is CSc1cc(CN=C(N)NCC2CCC2)ccn1. The van der Waals surface area contributed by atoms with Gasteiger partial charge in [-0.3, -0.25) is 0 Å². The minimum Gasteiger partial charge on any atom is -0.370 e. The van der Waals surface area contributed by atoms with Crippen molar-refractivity contribution in [3.63, 3.8) is 0 Å². The molecule has 3 N–H and O–H groups in total. The zero-order valence-corrected chi connectivity index (χ0v) is 11.5. The number of nitrogens with zero attached hydrogens (tertiary/aromatic N) is 2. The van der Waals surface area contributed by atoms with Crippen LogP contribution < -0.4 is 11.1 Å². The zero-order chi connectivity index (χ0) is 12.8. The summed E-state index contributed by atoms with van der Waals surface area (Å²) in [7, 11) is 0. The lowest BCUT2D eigenvalue weighted by Gasteiger charge is -2.25. The highest BCUT2D eigenvalue weighted by molar-refractivity contribution is 7.98. The number of rotatable bonds is 5. The summed E-state index contributed by atoms with van der Waals surface area (Å²) in [4.78, 5) is 8.58. The van der Waals surface area contributed by atoms with Crippen molar-refractivity contribution in [3.05, 3.63) is 23.9 Å². The van der Waals surface area contributed by atoms with Crippen LogP contribution in [0.4, 0.5) is 0 Å². The number of aliphatic imine (C=N–C) groups is 1. The van der Waals surface area contributed by atoms with Gasteiger partial charge in [-0.1, -0.05) is 6.42 Å². The van der Waals surface area contributed by atoms with E-state index in [0.717, 1.165) is 23.1 Å². The monoisotopic (exact) mass is 264 g/mol. The molecule has 0 spiro atoms. The van der Waals surface area contributed by atoms with Crippen LogP contribution >= 0.6 is 11.8 Å². The molecule has 1 aromatic heterocycles. The average Bonchev–Trinajstić information content (AvgIpc) is 2.35. The molecule has 0 bridgehead atoms. The van der Waals surface area contributed by atoms with Gasteiger partial charge in [0.2, 0.25) is 0 Å². The molecule has 5 heteroatoms. The van der Waals surface area contributed by atoms with Crippen molar-refractivity contribution < 1.29 is 0 Å². The predicted octanol–water partition coefficient (Wildman–Crippen LogP) is 2.01. The molecule has 1 fully saturated rings. The summed E-state index contributed by atoms with van der Waals surface area (Å²) in [5.41, 5.74) is 6.98. The normalized spacial score (nSPS) is 16.4. The highest BCUT2D eigenvalue weighted by atomic mass is 32.2. The lowest BCUT2D eigenvalue weighted by atomic mass is 9.85. The van der Waals surface area contributed by atoms with Gasteiger partial charge in [0.15, 0.2) is 5.96 Å². The van der Waals surface area contributed by atoms with Gasteiger partial charge in [-0.05, 0) is 42.7 Å². The van der Waals surface area contributed by atoms with E-state index in [9.17, 15) is 0 Å². The van der Waals surface area contributed by atoms with E-state index >= 15 is 0 Å². The Bertz CT molecular complexity index is 415. The van der Waals surface area contributed by atoms with E-state index in [4.69, 9.17) is 5.73 Å². The predicted molar refractivity (Wildman–Crippen MR) is 76.7 cm³/mol. The van der Waals surface area contributed by atoms with Crippen LogP contribution in [0.2, 0.25) is 0 Å². The maximum atomic E-state index is 5.84. The maximum Gasteiger partial charge on any atom is 0.188 e. The summed E-state index contributed by atoms with van der Waals surface area (Å²) >= 11 is 1.64. The molecule has 0 saturated heterocycles. The van der Waals surface area contributed by atoms with Crippen LogP contribution in [0.5, 0.6) is 0 Å². The Balaban J connectivity index is 1.80. The lowest BCUT2D eigenvalue weighted by molar-refractivity contribution is 0.315. The number of pyridine rings is 1. The minimum atomic E-state index is 0.546. The first-order valence-corrected chi connectivity index (χ1v) is 7.53. The molecule has 18 heavy (non-hydrogen) atoms. The first-order valence-electron chi connectivity index (χ1n) is 6.30. The van der Waals surface area contributed by atoms with E-state index in [1.54, 1.807) is 11.8 Å². The van der Waals surface area contributed by atoms with Crippen LogP contribution in [0.15, 0.2) is 28.3 Å². The standard InChI is InChI=1S/C13H20N4S/c1-18-12-7-11(5-6-15-12)9-17-13(14)16-8-10-3-2-4-10/h5-7,10H,2-4,8-9H2,1H3,(H3,14,16,17). The summed E-state index contributed by atoms with van der Waals surface area (Å²) in [6.07, 6.45) is 7.83. The van der Waals surface area contributed by atoms with Crippen LogP contribution in [0.25, 0.3) is 0 Å². The quantitative estimate of drug-likeness (QED) is 0.485. The molecule has 2 rings (SSSR count). The summed E-state index contributed by atoms with van der Waals surface area (Å²) in [6, 6.07) is 4.02. The van der Waals surface area contributed by atoms with E-state index in [-0.39, 0.29) is 0 Å². The average molecular weight is 264 g/mol. The minimum absolute atomic E-state index is 0.546. The highest BCUT2D eigenvalue weighted by Gasteiger charge is 2.16. The number of aromatic nitrogens is 1. The third-order valence-corrected chi connectivity index (χ3v) is 3.88. The fourth-order valence-corrected chi connectivity index (χ4v) is 2.27. The van der Waals surface area contributed by atoms with Crippen molar-refractivity contribution in [2.75, 3.05) is 12.8 Å². The number of hydrogen-bond acceptors (Lipinski definition) is 3. The lowest BCUT2D eigenvalue weighted by Crippen LogP contribution is -2.37. The molecule has 0 atom stereocenters. The first kappa shape index (κ1) is 13.2. The summed E-state index contributed by atoms with van der Waals surface area (Å²) in [5, 5.41) is 4.21. The number of nitrogens with one attached hydrogen (secondary N) is 1. The topological polar surface area (TPSA) is 63.3 Å². The van der Waals surface area contributed by atoms with Crippen molar-refractivity contribution in [3.8, 4) is 0 Å². The molecule has 0 aromatic carbocycles. The van der Waals surface area contributed by atoms with Gasteiger partial charge >= 0.3 is 0 Å². The van der Waals surface area contributed by atoms with Crippen LogP contribution in [0.1, 0.15) is 24.8 Å². The zero-order valence-electron chi connectivity index (χ0n) is 10.7. The van der Waals surface area contributed by atoms with Gasteiger partial charge in [0.25, 0.3) is 0 Å². The van der Waals surface area contributed by atoms with E-state index in [1.807, 2.05) is 24.6 Å². The Morgan fingerprint density at radius 3 is 3.11 bits per heavy atom. The second kappa shape index (κ2) is 6.64. The molecule has 0 unspecified atom stereocenters. The molecular formula is C13H20N4S. The van der Waals surface area contributed by atoms with Crippen LogP contribution in [0.3, 0.4) is 0 Å². The van der Waals surface area contributed by atoms with Crippen LogP contribution in [0, 0.1) is 5.92 Å². The number of thioether (sulfide) groups is 1. The molecule has 1 heterocycles. The Morgan fingerprint density at radius 2 is 2.44 bits per heavy atom. The second-order valence-electron chi connectivity index (χ2n) is 4.59. The van der Waals surface area contributed by atoms with Crippen molar-refractivity contribution in [1.82, 2.24) is 10.3 Å². The molecule has 1 aliphatic carbocycles. The van der Waals surface area contributed by atoms with Gasteiger partial charge in [0, 0.05) is 12.7 Å². The number of nitrogens with two attached hydrogens (primary N) is 1. The maximum absolute atomic E-state index is 5.84. The Kier molecular flexibility index (Phi) is 4.87. The van der Waals surface area contributed by atoms with Gasteiger partial charge < -0.3 is 11.1 Å². The Labute approximate surface area is 112 Å². The van der Waals surface area contributed by atoms with Crippen molar-refractivity contribution in [2.45, 2.75) is 30.8 Å². The van der Waals surface area contributed by atoms with E-state index < -0.39 is 0 Å². The molecule has 1 aliphatic rings. The van der Waals surface area contributed by atoms with Gasteiger partial charge in [0.05, 0.1) is 11.6 Å². The number of guanidine groups is 1. The van der Waals surface area contributed by atoms with E-state index in [0.29, 0.717) is 12.5 Å². The summed E-state index contributed by atoms with van der Waals surface area (Å²) in [5.74, 6) is 1.34. The van der Waals surface area contributed by atoms with Gasteiger partial charge in [-0.15, -0.1) is 11.8 Å². The number of hydrogen-bond donors (Lipinski definition) is 2. The molecular weight excluding hydrogens is 244 g/mol. The molecule has 1 aromatic rings. The Morgan fingerprint density at radius 1 is 1.61 bits per heavy atom. The molecule has 0 amide bonds. The van der Waals surface area contributed by atoms with Crippen molar-refractivity contribution in [1.29, 1.82) is 0 Å². The summed E-state index contributed by atoms with van der Waals surface area (Å²) < 4.78 is 0. The molecule has 0 aliphatic heterocycles. The van der Waals surface area contributed by atoms with Gasteiger partial charge in [0.1, 0.15) is 0 Å². The van der Waals surface area contributed by atoms with Gasteiger partial charge in [-0.2, -0.15) is 0 Å². The van der Waals surface area contributed by atoms with Crippen LogP contribution in [-0.2, 0) is 6.54 Å². The molecule has 0 radical (unpaired) electrons. The molecule has 4 nitrogen and oxygen atoms in total. The Hall–Kier alpha value is -1.23. The largest absolute Gasteiger partial charge is 0.370 e. The van der Waals surface area contributed by atoms with E-state index in [2.05, 4.69) is 15.3 Å². The third kappa shape index (κ3) is 3.91. The molecule has 98 valence electrons. The van der Waals surface area contributed by atoms with Crippen molar-refractivity contribution in [2.24, 2.45) is 16.6 Å². The van der Waals surface area contributed by atoms with Crippen LogP contribution in [-0.4, -0.2) is 23.7 Å². The third-order valence-electron chi connectivity index (χ3n) is 3.24. The summed E-state index contributed by atoms with van der Waals surface area (Å²) in [6.45, 7) is 1.57. The second-order valence-corrected chi connectivity index (χ2v) is 5.41. The molecule has 1 saturated carbocycles. The van der Waals surface area contributed by atoms with E-state index in [1.165, 1.54) is 19.3 Å².